The Morgan fingerprint density at radius 2 is 2.19 bits per heavy atom. The molecule has 2 atom stereocenters. The van der Waals surface area contributed by atoms with Gasteiger partial charge < -0.3 is 4.90 Å². The zero-order valence-electron chi connectivity index (χ0n) is 9.65. The Morgan fingerprint density at radius 1 is 1.38 bits per heavy atom. The monoisotopic (exact) mass is 215 g/mol. The van der Waals surface area contributed by atoms with Gasteiger partial charge in [0.1, 0.15) is 0 Å². The molecule has 0 unspecified atom stereocenters. The van der Waals surface area contributed by atoms with Crippen molar-refractivity contribution in [2.45, 2.75) is 38.1 Å². The molecule has 0 N–H and O–H groups in total. The number of hydrogen-bond donors (Lipinski definition) is 0. The number of hydrogen-bond acceptors (Lipinski definition) is 1. The standard InChI is InChI=1S/C14H17NO/c1-10(16)15-7-6-12-9-13(15)8-11-4-2-3-5-14(11)12/h2-5,12-13H,6-9H2,1H3/t12-,13-/m1/s1. The fraction of sp³-hybridized carbons (Fsp3) is 0.500. The summed E-state index contributed by atoms with van der Waals surface area (Å²) in [6.07, 6.45) is 3.34. The van der Waals surface area contributed by atoms with Gasteiger partial charge in [-0.05, 0) is 36.3 Å². The van der Waals surface area contributed by atoms with Gasteiger partial charge in [0.2, 0.25) is 5.91 Å². The van der Waals surface area contributed by atoms with Gasteiger partial charge >= 0.3 is 0 Å². The van der Waals surface area contributed by atoms with Gasteiger partial charge in [0.25, 0.3) is 0 Å². The number of carbonyl (C=O) groups is 1. The van der Waals surface area contributed by atoms with Gasteiger partial charge in [0, 0.05) is 19.5 Å². The summed E-state index contributed by atoms with van der Waals surface area (Å²) in [7, 11) is 0. The van der Waals surface area contributed by atoms with Crippen LogP contribution in [0.4, 0.5) is 0 Å². The molecule has 1 aliphatic heterocycles. The van der Waals surface area contributed by atoms with E-state index in [-0.39, 0.29) is 5.91 Å². The number of nitrogens with zero attached hydrogens (tertiary/aromatic N) is 1. The lowest BCUT2D eigenvalue weighted by atomic mass is 9.75. The molecule has 1 heterocycles. The predicted molar refractivity (Wildman–Crippen MR) is 63.3 cm³/mol. The Hall–Kier alpha value is -1.31. The van der Waals surface area contributed by atoms with Crippen LogP contribution in [0.25, 0.3) is 0 Å². The molecule has 84 valence electrons. The van der Waals surface area contributed by atoms with Gasteiger partial charge in [-0.1, -0.05) is 24.3 Å². The summed E-state index contributed by atoms with van der Waals surface area (Å²) in [5, 5.41) is 0. The molecule has 1 aliphatic carbocycles. The van der Waals surface area contributed by atoms with Gasteiger partial charge in [-0.25, -0.2) is 0 Å². The third-order valence-electron chi connectivity index (χ3n) is 4.07. The molecule has 1 aromatic rings. The maximum atomic E-state index is 11.5. The van der Waals surface area contributed by atoms with Crippen molar-refractivity contribution in [3.63, 3.8) is 0 Å². The van der Waals surface area contributed by atoms with Crippen LogP contribution in [-0.2, 0) is 11.2 Å². The van der Waals surface area contributed by atoms with E-state index in [1.165, 1.54) is 11.1 Å². The molecule has 3 rings (SSSR count). The molecule has 1 aromatic carbocycles. The maximum Gasteiger partial charge on any atom is 0.219 e. The minimum atomic E-state index is 0.239. The lowest BCUT2D eigenvalue weighted by Gasteiger charge is -2.43. The van der Waals surface area contributed by atoms with Crippen molar-refractivity contribution < 1.29 is 4.79 Å². The van der Waals surface area contributed by atoms with Gasteiger partial charge in [-0.2, -0.15) is 0 Å². The molecule has 0 spiro atoms. The lowest BCUT2D eigenvalue weighted by molar-refractivity contribution is -0.132. The van der Waals surface area contributed by atoms with Crippen LogP contribution in [0, 0.1) is 0 Å². The van der Waals surface area contributed by atoms with Crippen molar-refractivity contribution >= 4 is 5.91 Å². The van der Waals surface area contributed by atoms with E-state index in [0.717, 1.165) is 25.8 Å². The molecule has 0 saturated carbocycles. The third-order valence-corrected chi connectivity index (χ3v) is 4.07. The Kier molecular flexibility index (Phi) is 2.23. The van der Waals surface area contributed by atoms with Gasteiger partial charge in [-0.15, -0.1) is 0 Å². The molecule has 16 heavy (non-hydrogen) atoms. The van der Waals surface area contributed by atoms with E-state index in [4.69, 9.17) is 0 Å². The molecule has 2 bridgehead atoms. The third kappa shape index (κ3) is 1.44. The van der Waals surface area contributed by atoms with Gasteiger partial charge in [0.05, 0.1) is 0 Å². The van der Waals surface area contributed by atoms with Gasteiger partial charge in [0.15, 0.2) is 0 Å². The zero-order chi connectivity index (χ0) is 11.1. The number of amides is 1. The summed E-state index contributed by atoms with van der Waals surface area (Å²) in [5.74, 6) is 0.924. The van der Waals surface area contributed by atoms with Crippen molar-refractivity contribution in [2.75, 3.05) is 6.54 Å². The lowest BCUT2D eigenvalue weighted by Crippen LogP contribution is -2.47. The van der Waals surface area contributed by atoms with E-state index in [1.807, 2.05) is 0 Å². The number of carbonyl (C=O) groups excluding carboxylic acids is 1. The van der Waals surface area contributed by atoms with Crippen LogP contribution < -0.4 is 0 Å². The van der Waals surface area contributed by atoms with Crippen LogP contribution in [-0.4, -0.2) is 23.4 Å². The summed E-state index contributed by atoms with van der Waals surface area (Å²) in [5.41, 5.74) is 2.98. The number of piperidine rings is 1. The Morgan fingerprint density at radius 3 is 3.00 bits per heavy atom. The number of likely N-dealkylation sites (tertiary alicyclic amines) is 1. The zero-order valence-corrected chi connectivity index (χ0v) is 9.65. The first kappa shape index (κ1) is 9.88. The highest BCUT2D eigenvalue weighted by Crippen LogP contribution is 2.39. The van der Waals surface area contributed by atoms with Crippen molar-refractivity contribution in [3.8, 4) is 0 Å². The quantitative estimate of drug-likeness (QED) is 0.650. The highest BCUT2D eigenvalue weighted by molar-refractivity contribution is 5.74. The molecule has 2 aliphatic rings. The number of fused-ring (bicyclic) bond motifs is 4. The Bertz CT molecular complexity index is 426. The van der Waals surface area contributed by atoms with E-state index in [2.05, 4.69) is 29.2 Å². The van der Waals surface area contributed by atoms with Crippen molar-refractivity contribution in [3.05, 3.63) is 35.4 Å². The van der Waals surface area contributed by atoms with E-state index < -0.39 is 0 Å². The Labute approximate surface area is 96.3 Å². The van der Waals surface area contributed by atoms with Crippen LogP contribution in [0.5, 0.6) is 0 Å². The minimum absolute atomic E-state index is 0.239. The number of rotatable bonds is 0. The molecule has 2 nitrogen and oxygen atoms in total. The van der Waals surface area contributed by atoms with Crippen molar-refractivity contribution in [1.29, 1.82) is 0 Å². The first-order valence-electron chi connectivity index (χ1n) is 6.10. The predicted octanol–water partition coefficient (Wildman–Crippen LogP) is 2.34. The molecule has 2 heteroatoms. The second-order valence-electron chi connectivity index (χ2n) is 4.99. The molecule has 1 saturated heterocycles. The van der Waals surface area contributed by atoms with Crippen LogP contribution in [0.15, 0.2) is 24.3 Å². The van der Waals surface area contributed by atoms with E-state index in [0.29, 0.717) is 12.0 Å². The Balaban J connectivity index is 1.95. The summed E-state index contributed by atoms with van der Waals surface area (Å²) >= 11 is 0. The van der Waals surface area contributed by atoms with Crippen LogP contribution in [0.3, 0.4) is 0 Å². The average Bonchev–Trinajstić information content (AvgIpc) is 2.29. The fourth-order valence-corrected chi connectivity index (χ4v) is 3.31. The second kappa shape index (κ2) is 3.62. The van der Waals surface area contributed by atoms with Crippen LogP contribution >= 0.6 is 0 Å². The van der Waals surface area contributed by atoms with Crippen LogP contribution in [0.2, 0.25) is 0 Å². The smallest absolute Gasteiger partial charge is 0.219 e. The topological polar surface area (TPSA) is 20.3 Å². The summed E-state index contributed by atoms with van der Waals surface area (Å²) < 4.78 is 0. The maximum absolute atomic E-state index is 11.5. The van der Waals surface area contributed by atoms with E-state index >= 15 is 0 Å². The molecular weight excluding hydrogens is 198 g/mol. The largest absolute Gasteiger partial charge is 0.340 e. The first-order chi connectivity index (χ1) is 7.75. The summed E-state index contributed by atoms with van der Waals surface area (Å²) in [6.45, 7) is 2.64. The SMILES string of the molecule is CC(=O)N1CC[C@@H]2C[C@H]1Cc1ccccc12. The molecule has 0 radical (unpaired) electrons. The normalized spacial score (nSPS) is 27.4. The number of benzene rings is 1. The molecule has 1 amide bonds. The van der Waals surface area contributed by atoms with E-state index in [9.17, 15) is 4.79 Å². The summed E-state index contributed by atoms with van der Waals surface area (Å²) in [4.78, 5) is 13.6. The van der Waals surface area contributed by atoms with Gasteiger partial charge in [-0.3, -0.25) is 4.79 Å². The summed E-state index contributed by atoms with van der Waals surface area (Å²) in [6, 6.07) is 9.18. The molecule has 0 aromatic heterocycles. The van der Waals surface area contributed by atoms with Crippen molar-refractivity contribution in [1.82, 2.24) is 4.90 Å². The van der Waals surface area contributed by atoms with E-state index in [1.54, 1.807) is 6.92 Å². The minimum Gasteiger partial charge on any atom is -0.340 e. The van der Waals surface area contributed by atoms with Crippen LogP contribution in [0.1, 0.15) is 36.8 Å². The fourth-order valence-electron chi connectivity index (χ4n) is 3.31. The highest BCUT2D eigenvalue weighted by Gasteiger charge is 2.35. The van der Waals surface area contributed by atoms with Crippen molar-refractivity contribution in [2.24, 2.45) is 0 Å². The first-order valence-corrected chi connectivity index (χ1v) is 6.10. The second-order valence-corrected chi connectivity index (χ2v) is 4.99. The average molecular weight is 215 g/mol. The molecule has 1 fully saturated rings. The highest BCUT2D eigenvalue weighted by atomic mass is 16.2. The molecular formula is C14H17NO.